The summed E-state index contributed by atoms with van der Waals surface area (Å²) in [7, 11) is 1.00. The third-order valence-electron chi connectivity index (χ3n) is 0.421. The van der Waals surface area contributed by atoms with Gasteiger partial charge in [-0.1, -0.05) is 0 Å². The number of hydrogen-bond donors (Lipinski definition) is 5. The van der Waals surface area contributed by atoms with Crippen molar-refractivity contribution in [3.05, 3.63) is 0 Å². The average molecular weight is 184 g/mol. The van der Waals surface area contributed by atoms with Gasteiger partial charge in [0.2, 0.25) is 0 Å². The Balaban J connectivity index is -0.000000118. The zero-order chi connectivity index (χ0) is 10.6. The lowest BCUT2D eigenvalue weighted by Crippen LogP contribution is -2.15. The van der Waals surface area contributed by atoms with Crippen molar-refractivity contribution in [2.75, 3.05) is 20.3 Å². The number of hydrogen-bond acceptors (Lipinski definition) is 5. The number of aliphatic hydroxyl groups is 4. The van der Waals surface area contributed by atoms with Crippen molar-refractivity contribution in [2.24, 2.45) is 0 Å². The molecule has 0 unspecified atom stereocenters. The van der Waals surface area contributed by atoms with Gasteiger partial charge in [-0.2, -0.15) is 0 Å². The predicted octanol–water partition coefficient (Wildman–Crippen LogP) is -1.97. The molecule has 0 aliphatic rings. The second kappa shape index (κ2) is 16.7. The first-order valence-electron chi connectivity index (χ1n) is 3.08. The highest BCUT2D eigenvalue weighted by Gasteiger charge is 1.93. The molecule has 0 aromatic carbocycles. The van der Waals surface area contributed by atoms with Crippen LogP contribution in [0.25, 0.3) is 0 Å². The highest BCUT2D eigenvalue weighted by molar-refractivity contribution is 5.62. The normalized spacial score (nSPS) is 7.58. The van der Waals surface area contributed by atoms with E-state index in [-0.39, 0.29) is 13.2 Å². The van der Waals surface area contributed by atoms with Crippen LogP contribution in [-0.4, -0.2) is 57.9 Å². The molecule has 0 aliphatic carbocycles. The summed E-state index contributed by atoms with van der Waals surface area (Å²) in [5.41, 5.74) is 0. The fraction of sp³-hybridized carbons (Fsp3) is 0.833. The van der Waals surface area contributed by atoms with Gasteiger partial charge in [0.15, 0.2) is 0 Å². The molecular weight excluding hydrogens is 168 g/mol. The molecule has 0 fully saturated rings. The largest absolute Gasteiger partial charge is 0.481 e. The zero-order valence-corrected chi connectivity index (χ0v) is 7.14. The summed E-state index contributed by atoms with van der Waals surface area (Å²) in [4.78, 5) is 9.00. The fourth-order valence-corrected chi connectivity index (χ4v) is 0.0577. The minimum Gasteiger partial charge on any atom is -0.481 e. The Hall–Kier alpha value is -0.690. The Kier molecular flexibility index (Phi) is 24.3. The zero-order valence-electron chi connectivity index (χ0n) is 7.14. The van der Waals surface area contributed by atoms with E-state index in [1.807, 2.05) is 0 Å². The number of rotatable bonds is 2. The van der Waals surface area contributed by atoms with Gasteiger partial charge in [-0.3, -0.25) is 4.79 Å². The van der Waals surface area contributed by atoms with Gasteiger partial charge < -0.3 is 25.5 Å². The molecule has 0 saturated carbocycles. The molecule has 0 saturated heterocycles. The van der Waals surface area contributed by atoms with Crippen molar-refractivity contribution in [1.29, 1.82) is 0 Å². The molecule has 12 heavy (non-hydrogen) atoms. The minimum atomic E-state index is -0.954. The van der Waals surface area contributed by atoms with Gasteiger partial charge in [0.1, 0.15) is 6.10 Å². The Morgan fingerprint density at radius 3 is 1.42 bits per heavy atom. The lowest BCUT2D eigenvalue weighted by atomic mass is 10.4. The summed E-state index contributed by atoms with van der Waals surface area (Å²) in [6, 6.07) is 0. The molecule has 5 N–H and O–H groups in total. The highest BCUT2D eigenvalue weighted by atomic mass is 16.4. The molecule has 0 amide bonds. The van der Waals surface area contributed by atoms with Gasteiger partial charge in [0.05, 0.1) is 13.2 Å². The van der Waals surface area contributed by atoms with Crippen LogP contribution in [-0.2, 0) is 4.79 Å². The van der Waals surface area contributed by atoms with Gasteiger partial charge in [-0.05, 0) is 0 Å². The van der Waals surface area contributed by atoms with Crippen molar-refractivity contribution in [2.45, 2.75) is 13.0 Å². The predicted molar refractivity (Wildman–Crippen MR) is 41.6 cm³/mol. The van der Waals surface area contributed by atoms with Gasteiger partial charge in [-0.15, -0.1) is 0 Å². The molecule has 0 rings (SSSR count). The van der Waals surface area contributed by atoms with Gasteiger partial charge in [0, 0.05) is 14.0 Å². The molecular formula is C6H16O6. The summed E-state index contributed by atoms with van der Waals surface area (Å²) in [6.45, 7) is 0.354. The van der Waals surface area contributed by atoms with E-state index in [4.69, 9.17) is 30.3 Å². The van der Waals surface area contributed by atoms with E-state index in [9.17, 15) is 0 Å². The molecule has 6 heteroatoms. The highest BCUT2D eigenvalue weighted by Crippen LogP contribution is 1.71. The second-order valence-electron chi connectivity index (χ2n) is 1.54. The van der Waals surface area contributed by atoms with E-state index in [0.717, 1.165) is 14.0 Å². The lowest BCUT2D eigenvalue weighted by Gasteiger charge is -1.96. The number of carbonyl (C=O) groups is 1. The van der Waals surface area contributed by atoms with E-state index >= 15 is 0 Å². The van der Waals surface area contributed by atoms with Crippen LogP contribution in [0.2, 0.25) is 0 Å². The van der Waals surface area contributed by atoms with E-state index in [0.29, 0.717) is 0 Å². The Morgan fingerprint density at radius 1 is 1.25 bits per heavy atom. The third kappa shape index (κ3) is 58.7. The monoisotopic (exact) mass is 184 g/mol. The smallest absolute Gasteiger partial charge is 0.300 e. The Bertz CT molecular complexity index is 76.1. The number of carboxylic acids is 1. The molecule has 0 heterocycles. The van der Waals surface area contributed by atoms with Crippen molar-refractivity contribution in [3.63, 3.8) is 0 Å². The summed E-state index contributed by atoms with van der Waals surface area (Å²) in [5.74, 6) is -0.833. The molecule has 0 spiro atoms. The van der Waals surface area contributed by atoms with Crippen molar-refractivity contribution >= 4 is 5.97 Å². The van der Waals surface area contributed by atoms with Crippen molar-refractivity contribution in [3.8, 4) is 0 Å². The van der Waals surface area contributed by atoms with Gasteiger partial charge >= 0.3 is 0 Å². The first-order valence-corrected chi connectivity index (χ1v) is 3.08. The van der Waals surface area contributed by atoms with Crippen molar-refractivity contribution in [1.82, 2.24) is 0 Å². The maximum absolute atomic E-state index is 9.00. The molecule has 0 radical (unpaired) electrons. The fourth-order valence-electron chi connectivity index (χ4n) is 0.0577. The summed E-state index contributed by atoms with van der Waals surface area (Å²) < 4.78 is 0. The number of aliphatic hydroxyl groups excluding tert-OH is 4. The van der Waals surface area contributed by atoms with Crippen molar-refractivity contribution < 1.29 is 30.3 Å². The quantitative estimate of drug-likeness (QED) is 0.340. The minimum absolute atomic E-state index is 0.365. The first kappa shape index (κ1) is 17.4. The molecule has 76 valence electrons. The molecule has 0 atom stereocenters. The van der Waals surface area contributed by atoms with E-state index in [1.165, 1.54) is 0 Å². The van der Waals surface area contributed by atoms with Gasteiger partial charge in [0.25, 0.3) is 5.97 Å². The third-order valence-corrected chi connectivity index (χ3v) is 0.421. The topological polar surface area (TPSA) is 118 Å². The van der Waals surface area contributed by atoms with Crippen LogP contribution >= 0.6 is 0 Å². The Labute approximate surface area is 70.7 Å². The van der Waals surface area contributed by atoms with Crippen LogP contribution in [0.15, 0.2) is 0 Å². The molecule has 0 aliphatic heterocycles. The lowest BCUT2D eigenvalue weighted by molar-refractivity contribution is -0.134. The first-order chi connectivity index (χ1) is 5.54. The van der Waals surface area contributed by atoms with Crippen LogP contribution in [0.4, 0.5) is 0 Å². The van der Waals surface area contributed by atoms with Gasteiger partial charge in [-0.25, -0.2) is 0 Å². The second-order valence-corrected chi connectivity index (χ2v) is 1.54. The van der Waals surface area contributed by atoms with Crippen LogP contribution in [0.1, 0.15) is 6.92 Å². The molecule has 6 nitrogen and oxygen atoms in total. The van der Waals surface area contributed by atoms with Crippen LogP contribution < -0.4 is 0 Å². The SMILES string of the molecule is CC(=O)O.CO.OCC(O)CO. The number of carboxylic acid groups (broad SMARTS) is 1. The average Bonchev–Trinajstić information content (AvgIpc) is 2.06. The van der Waals surface area contributed by atoms with E-state index < -0.39 is 12.1 Å². The molecule has 0 aromatic heterocycles. The Morgan fingerprint density at radius 2 is 1.42 bits per heavy atom. The maximum atomic E-state index is 9.00. The summed E-state index contributed by atoms with van der Waals surface area (Å²) in [5, 5.41) is 38.4. The van der Waals surface area contributed by atoms with Crippen LogP contribution in [0.5, 0.6) is 0 Å². The maximum Gasteiger partial charge on any atom is 0.300 e. The standard InChI is InChI=1S/C3H8O3.C2H4O2.CH4O/c4-1-3(6)2-5;1-2(3)4;1-2/h3-6H,1-2H2;1H3,(H,3,4);2H,1H3. The molecule has 0 aromatic rings. The number of aliphatic carboxylic acids is 1. The van der Waals surface area contributed by atoms with E-state index in [1.54, 1.807) is 0 Å². The summed E-state index contributed by atoms with van der Waals surface area (Å²) >= 11 is 0. The van der Waals surface area contributed by atoms with Crippen LogP contribution in [0.3, 0.4) is 0 Å². The van der Waals surface area contributed by atoms with E-state index in [2.05, 4.69) is 0 Å². The summed E-state index contributed by atoms with van der Waals surface area (Å²) in [6.07, 6.45) is -0.954. The molecule has 0 bridgehead atoms. The van der Waals surface area contributed by atoms with Crippen LogP contribution in [0, 0.1) is 0 Å².